The van der Waals surface area contributed by atoms with Crippen molar-refractivity contribution in [2.24, 2.45) is 0 Å². The highest BCUT2D eigenvalue weighted by molar-refractivity contribution is 14.1. The number of hydrogen-bond donors (Lipinski definition) is 9. The van der Waals surface area contributed by atoms with Crippen LogP contribution in [0.5, 0.6) is 0 Å². The van der Waals surface area contributed by atoms with Gasteiger partial charge in [-0.25, -0.2) is 0 Å². The molecule has 36 heavy (non-hydrogen) atoms. The van der Waals surface area contributed by atoms with Gasteiger partial charge in [-0.3, -0.25) is 9.59 Å². The molecule has 1 rings (SSSR count). The third-order valence-corrected chi connectivity index (χ3v) is 8.24. The summed E-state index contributed by atoms with van der Waals surface area (Å²) in [4.78, 5) is 29.1. The summed E-state index contributed by atoms with van der Waals surface area (Å²) in [5.41, 5.74) is 6.24. The molecule has 4 atom stereocenters. The minimum absolute atomic E-state index is 0.0295. The van der Waals surface area contributed by atoms with Crippen molar-refractivity contribution in [2.45, 2.75) is 24.4 Å². The minimum atomic E-state index is -1.34. The van der Waals surface area contributed by atoms with Gasteiger partial charge in [0.25, 0.3) is 11.8 Å². The molecule has 2 amide bonds. The molecule has 0 bridgehead atoms. The van der Waals surface area contributed by atoms with Crippen LogP contribution in [0.3, 0.4) is 0 Å². The first-order chi connectivity index (χ1) is 16.8. The number of halogens is 3. The van der Waals surface area contributed by atoms with Crippen molar-refractivity contribution in [3.63, 3.8) is 0 Å². The smallest absolute Gasteiger partial charge is 0.256 e. The summed E-state index contributed by atoms with van der Waals surface area (Å²) in [5.74, 6) is -1.48. The Morgan fingerprint density at radius 2 is 0.861 bits per heavy atom. The lowest BCUT2D eigenvalue weighted by Gasteiger charge is -2.30. The number of aliphatic hydroxyl groups is 8. The zero-order valence-corrected chi connectivity index (χ0v) is 25.4. The third kappa shape index (κ3) is 8.95. The molecule has 1 aromatic rings. The number of nitrogen functional groups attached to an aromatic ring is 1. The van der Waals surface area contributed by atoms with Gasteiger partial charge >= 0.3 is 0 Å². The molecule has 16 heteroatoms. The second kappa shape index (κ2) is 16.1. The molecule has 4 unspecified atom stereocenters. The first-order valence-corrected chi connectivity index (χ1v) is 13.8. The highest BCUT2D eigenvalue weighted by atomic mass is 127. The predicted molar refractivity (Wildman–Crippen MR) is 153 cm³/mol. The van der Waals surface area contributed by atoms with Gasteiger partial charge in [-0.1, -0.05) is 0 Å². The van der Waals surface area contributed by atoms with E-state index in [0.717, 1.165) is 9.80 Å². The summed E-state index contributed by atoms with van der Waals surface area (Å²) in [6.45, 7) is -4.20. The van der Waals surface area contributed by atoms with Crippen LogP contribution >= 0.6 is 67.8 Å². The molecule has 0 aliphatic heterocycles. The van der Waals surface area contributed by atoms with Gasteiger partial charge in [-0.15, -0.1) is 0 Å². The van der Waals surface area contributed by atoms with E-state index < -0.39 is 62.7 Å². The van der Waals surface area contributed by atoms with Gasteiger partial charge in [0.2, 0.25) is 0 Å². The molecule has 0 aromatic heterocycles. The van der Waals surface area contributed by atoms with E-state index in [1.807, 2.05) is 45.2 Å². The van der Waals surface area contributed by atoms with E-state index in [4.69, 9.17) is 5.73 Å². The third-order valence-electron chi connectivity index (χ3n) is 4.92. The van der Waals surface area contributed by atoms with Crippen molar-refractivity contribution in [3.8, 4) is 0 Å². The van der Waals surface area contributed by atoms with Crippen molar-refractivity contribution in [1.82, 2.24) is 9.80 Å². The fourth-order valence-corrected chi connectivity index (χ4v) is 7.19. The summed E-state index contributed by atoms with van der Waals surface area (Å²) in [6, 6.07) is 0. The van der Waals surface area contributed by atoms with Crippen molar-refractivity contribution in [2.75, 3.05) is 58.3 Å². The number of anilines is 1. The predicted octanol–water partition coefficient (Wildman–Crippen LogP) is -2.62. The standard InChI is InChI=1S/C20H30I3N3O10/c21-15-13(19(35)25(1-9(31)5-27)2-10(32)6-28)16(22)18(24)17(23)14(15)20(36)26(3-11(33)7-29)4-12(34)8-30/h9-12,27-34H,1-8,24H2. The molecule has 13 nitrogen and oxygen atoms in total. The molecule has 0 fully saturated rings. The van der Waals surface area contributed by atoms with Crippen LogP contribution in [0.1, 0.15) is 20.7 Å². The van der Waals surface area contributed by atoms with E-state index in [0.29, 0.717) is 0 Å². The van der Waals surface area contributed by atoms with E-state index in [-0.39, 0.29) is 53.7 Å². The monoisotopic (exact) mass is 853 g/mol. The number of aliphatic hydroxyl groups excluding tert-OH is 8. The Bertz CT molecular complexity index is 819. The van der Waals surface area contributed by atoms with E-state index in [1.54, 1.807) is 22.6 Å². The highest BCUT2D eigenvalue weighted by Gasteiger charge is 2.33. The topological polar surface area (TPSA) is 228 Å². The molecule has 206 valence electrons. The van der Waals surface area contributed by atoms with Gasteiger partial charge in [0.1, 0.15) is 0 Å². The van der Waals surface area contributed by atoms with E-state index in [1.165, 1.54) is 0 Å². The van der Waals surface area contributed by atoms with Crippen LogP contribution in [0.25, 0.3) is 0 Å². The number of nitrogens with zero attached hydrogens (tertiary/aromatic N) is 2. The van der Waals surface area contributed by atoms with Gasteiger partial charge in [0.15, 0.2) is 0 Å². The quantitative estimate of drug-likeness (QED) is 0.0696. The molecular weight excluding hydrogens is 823 g/mol. The summed E-state index contributed by atoms with van der Waals surface area (Å²) >= 11 is 5.42. The maximum absolute atomic E-state index is 13.5. The number of carbonyl (C=O) groups excluding carboxylic acids is 2. The van der Waals surface area contributed by atoms with E-state index in [9.17, 15) is 50.4 Å². The molecule has 0 saturated carbocycles. The molecule has 0 saturated heterocycles. The molecular formula is C20H30I3N3O10. The normalized spacial score (nSPS) is 14.8. The number of hydrogen-bond acceptors (Lipinski definition) is 11. The van der Waals surface area contributed by atoms with Crippen molar-refractivity contribution >= 4 is 85.3 Å². The highest BCUT2D eigenvalue weighted by Crippen LogP contribution is 2.35. The lowest BCUT2D eigenvalue weighted by Crippen LogP contribution is -2.45. The Morgan fingerprint density at radius 3 is 1.08 bits per heavy atom. The second-order valence-corrected chi connectivity index (χ2v) is 11.1. The Kier molecular flexibility index (Phi) is 15.1. The largest absolute Gasteiger partial charge is 0.397 e. The Morgan fingerprint density at radius 1 is 0.611 bits per heavy atom. The lowest BCUT2D eigenvalue weighted by molar-refractivity contribution is 0.0204. The minimum Gasteiger partial charge on any atom is -0.397 e. The summed E-state index contributed by atoms with van der Waals surface area (Å²) in [7, 11) is 0. The first kappa shape index (κ1) is 33.9. The fraction of sp³-hybridized carbons (Fsp3) is 0.600. The van der Waals surface area contributed by atoms with Gasteiger partial charge in [-0.2, -0.15) is 0 Å². The van der Waals surface area contributed by atoms with Crippen LogP contribution in [0.15, 0.2) is 0 Å². The van der Waals surface area contributed by atoms with Crippen LogP contribution in [-0.2, 0) is 0 Å². The van der Waals surface area contributed by atoms with E-state index in [2.05, 4.69) is 0 Å². The van der Waals surface area contributed by atoms with Gasteiger partial charge in [0, 0.05) is 29.7 Å². The summed E-state index contributed by atoms with van der Waals surface area (Å²) in [6.07, 6.45) is -5.36. The fourth-order valence-electron chi connectivity index (χ4n) is 3.10. The zero-order valence-electron chi connectivity index (χ0n) is 19.0. The van der Waals surface area contributed by atoms with Crippen molar-refractivity contribution in [3.05, 3.63) is 21.8 Å². The number of rotatable bonds is 14. The number of benzene rings is 1. The average Bonchev–Trinajstić information content (AvgIpc) is 2.85. The number of carbonyl (C=O) groups is 2. The van der Waals surface area contributed by atoms with Gasteiger partial charge < -0.3 is 56.4 Å². The second-order valence-electron chi connectivity index (χ2n) is 7.87. The molecule has 10 N–H and O–H groups in total. The summed E-state index contributed by atoms with van der Waals surface area (Å²) in [5, 5.41) is 76.6. The van der Waals surface area contributed by atoms with Crippen LogP contribution in [-0.4, -0.2) is 139 Å². The maximum atomic E-state index is 13.5. The van der Waals surface area contributed by atoms with Crippen LogP contribution in [0.2, 0.25) is 0 Å². The number of nitrogens with two attached hydrogens (primary N) is 1. The molecule has 1 aromatic carbocycles. The lowest BCUT2D eigenvalue weighted by atomic mass is 10.1. The maximum Gasteiger partial charge on any atom is 0.256 e. The number of amides is 2. The average molecular weight is 853 g/mol. The molecule has 0 heterocycles. The summed E-state index contributed by atoms with van der Waals surface area (Å²) < 4.78 is 0.707. The Hall–Kier alpha value is -0.170. The first-order valence-electron chi connectivity index (χ1n) is 10.5. The van der Waals surface area contributed by atoms with Gasteiger partial charge in [-0.05, 0) is 67.8 Å². The molecule has 0 aliphatic carbocycles. The van der Waals surface area contributed by atoms with Gasteiger partial charge in [0.05, 0.1) is 74.8 Å². The SMILES string of the molecule is Nc1c(I)c(C(=O)N(CC(O)CO)CC(O)CO)c(I)c(C(=O)N(CC(O)CO)CC(O)CO)c1I. The Labute approximate surface area is 248 Å². The van der Waals surface area contributed by atoms with Crippen molar-refractivity contribution < 1.29 is 50.4 Å². The molecule has 0 spiro atoms. The van der Waals surface area contributed by atoms with Crippen LogP contribution in [0, 0.1) is 10.7 Å². The zero-order chi connectivity index (χ0) is 27.7. The van der Waals surface area contributed by atoms with Crippen LogP contribution in [0.4, 0.5) is 5.69 Å². The molecule has 0 radical (unpaired) electrons. The molecule has 0 aliphatic rings. The Balaban J connectivity index is 3.66. The van der Waals surface area contributed by atoms with Crippen LogP contribution < -0.4 is 5.73 Å². The van der Waals surface area contributed by atoms with E-state index >= 15 is 0 Å². The van der Waals surface area contributed by atoms with Crippen molar-refractivity contribution in [1.29, 1.82) is 0 Å².